The molecule has 1 aromatic heterocycles. The summed E-state index contributed by atoms with van der Waals surface area (Å²) in [4.78, 5) is 11.8. The summed E-state index contributed by atoms with van der Waals surface area (Å²) in [6, 6.07) is 8.46. The van der Waals surface area contributed by atoms with Crippen molar-refractivity contribution >= 4 is 29.2 Å². The number of hydrogen-bond acceptors (Lipinski definition) is 2. The standard InChI is InChI=1S/C17H23N3O.ClH/c1-11(13-7-9-19-10-8-13)20-12(2)16(17(18)21)14-5-3-4-6-15(14)20;/h3-6,11,13,19H,7-10H2,1-2H3,(H2,18,21);1H. The van der Waals surface area contributed by atoms with Gasteiger partial charge in [-0.25, -0.2) is 0 Å². The zero-order valence-corrected chi connectivity index (χ0v) is 14.0. The number of carbonyl (C=O) groups excluding carboxylic acids is 1. The number of amides is 1. The summed E-state index contributed by atoms with van der Waals surface area (Å²) >= 11 is 0. The van der Waals surface area contributed by atoms with Crippen molar-refractivity contribution in [3.63, 3.8) is 0 Å². The Hall–Kier alpha value is -1.52. The number of hydrogen-bond donors (Lipinski definition) is 2. The van der Waals surface area contributed by atoms with Crippen molar-refractivity contribution in [3.05, 3.63) is 35.5 Å². The maximum atomic E-state index is 11.8. The first-order valence-electron chi connectivity index (χ1n) is 7.71. The number of piperidine rings is 1. The molecule has 0 aliphatic carbocycles. The van der Waals surface area contributed by atoms with E-state index in [1.165, 1.54) is 12.8 Å². The summed E-state index contributed by atoms with van der Waals surface area (Å²) in [6.07, 6.45) is 2.36. The number of halogens is 1. The van der Waals surface area contributed by atoms with Crippen LogP contribution in [0.1, 0.15) is 41.9 Å². The van der Waals surface area contributed by atoms with Crippen LogP contribution >= 0.6 is 12.4 Å². The molecular weight excluding hydrogens is 298 g/mol. The Bertz CT molecular complexity index is 674. The summed E-state index contributed by atoms with van der Waals surface area (Å²) in [5.41, 5.74) is 8.40. The predicted molar refractivity (Wildman–Crippen MR) is 92.7 cm³/mol. The molecule has 2 heterocycles. The highest BCUT2D eigenvalue weighted by atomic mass is 35.5. The molecule has 120 valence electrons. The molecule has 0 saturated carbocycles. The lowest BCUT2D eigenvalue weighted by molar-refractivity contribution is 0.100. The average Bonchev–Trinajstić information content (AvgIpc) is 2.79. The number of nitrogens with one attached hydrogen (secondary N) is 1. The van der Waals surface area contributed by atoms with Crippen molar-refractivity contribution in [1.82, 2.24) is 9.88 Å². The van der Waals surface area contributed by atoms with Gasteiger partial charge < -0.3 is 15.6 Å². The van der Waals surface area contributed by atoms with Crippen LogP contribution in [0.5, 0.6) is 0 Å². The van der Waals surface area contributed by atoms with E-state index in [0.29, 0.717) is 17.5 Å². The topological polar surface area (TPSA) is 60.1 Å². The highest BCUT2D eigenvalue weighted by Gasteiger charge is 2.26. The lowest BCUT2D eigenvalue weighted by Crippen LogP contribution is -2.32. The van der Waals surface area contributed by atoms with Gasteiger partial charge in [0.25, 0.3) is 5.91 Å². The first kappa shape index (κ1) is 16.8. The predicted octanol–water partition coefficient (Wildman–Crippen LogP) is 3.03. The fourth-order valence-electron chi connectivity index (χ4n) is 3.76. The molecule has 22 heavy (non-hydrogen) atoms. The third-order valence-corrected chi connectivity index (χ3v) is 4.88. The molecular formula is C17H24ClN3O. The summed E-state index contributed by atoms with van der Waals surface area (Å²) in [5, 5.41) is 4.39. The maximum absolute atomic E-state index is 11.8. The number of nitrogens with two attached hydrogens (primary N) is 1. The number of aromatic nitrogens is 1. The number of fused-ring (bicyclic) bond motifs is 1. The minimum atomic E-state index is -0.333. The fourth-order valence-corrected chi connectivity index (χ4v) is 3.76. The number of carbonyl (C=O) groups is 1. The zero-order chi connectivity index (χ0) is 15.0. The van der Waals surface area contributed by atoms with Crippen LogP contribution in [0.25, 0.3) is 10.9 Å². The fraction of sp³-hybridized carbons (Fsp3) is 0.471. The van der Waals surface area contributed by atoms with Gasteiger partial charge in [0.2, 0.25) is 0 Å². The Labute approximate surface area is 137 Å². The van der Waals surface area contributed by atoms with Crippen LogP contribution in [0.3, 0.4) is 0 Å². The van der Waals surface area contributed by atoms with Gasteiger partial charge in [-0.3, -0.25) is 4.79 Å². The molecule has 1 unspecified atom stereocenters. The third kappa shape index (κ3) is 2.73. The van der Waals surface area contributed by atoms with Crippen molar-refractivity contribution in [1.29, 1.82) is 0 Å². The van der Waals surface area contributed by atoms with Gasteiger partial charge in [-0.05, 0) is 51.8 Å². The van der Waals surface area contributed by atoms with E-state index in [1.54, 1.807) is 0 Å². The van der Waals surface area contributed by atoms with Crippen LogP contribution < -0.4 is 11.1 Å². The molecule has 1 atom stereocenters. The molecule has 1 saturated heterocycles. The molecule has 0 bridgehead atoms. The summed E-state index contributed by atoms with van der Waals surface area (Å²) in [7, 11) is 0. The van der Waals surface area contributed by atoms with Gasteiger partial charge in [0.05, 0.1) is 5.56 Å². The van der Waals surface area contributed by atoms with Crippen LogP contribution in [0.2, 0.25) is 0 Å². The molecule has 1 amide bonds. The van der Waals surface area contributed by atoms with Crippen LogP contribution in [0.15, 0.2) is 24.3 Å². The van der Waals surface area contributed by atoms with Crippen molar-refractivity contribution in [3.8, 4) is 0 Å². The van der Waals surface area contributed by atoms with E-state index in [1.807, 2.05) is 25.1 Å². The van der Waals surface area contributed by atoms with Crippen molar-refractivity contribution in [2.75, 3.05) is 13.1 Å². The molecule has 5 heteroatoms. The van der Waals surface area contributed by atoms with Gasteiger partial charge in [0.1, 0.15) is 0 Å². The molecule has 1 aliphatic rings. The van der Waals surface area contributed by atoms with E-state index < -0.39 is 0 Å². The van der Waals surface area contributed by atoms with E-state index in [-0.39, 0.29) is 18.3 Å². The second-order valence-electron chi connectivity index (χ2n) is 6.04. The Morgan fingerprint density at radius 2 is 1.95 bits per heavy atom. The van der Waals surface area contributed by atoms with Gasteiger partial charge in [-0.1, -0.05) is 18.2 Å². The Morgan fingerprint density at radius 1 is 1.32 bits per heavy atom. The molecule has 3 rings (SSSR count). The summed E-state index contributed by atoms with van der Waals surface area (Å²) in [6.45, 7) is 6.43. The monoisotopic (exact) mass is 321 g/mol. The SMILES string of the molecule is Cc1c(C(N)=O)c2ccccc2n1C(C)C1CCNCC1.Cl. The van der Waals surface area contributed by atoms with Gasteiger partial charge in [-0.2, -0.15) is 0 Å². The van der Waals surface area contributed by atoms with Crippen LogP contribution in [-0.2, 0) is 0 Å². The number of primary amides is 1. The van der Waals surface area contributed by atoms with Gasteiger partial charge >= 0.3 is 0 Å². The third-order valence-electron chi connectivity index (χ3n) is 4.88. The second-order valence-corrected chi connectivity index (χ2v) is 6.04. The molecule has 1 aromatic carbocycles. The molecule has 1 fully saturated rings. The van der Waals surface area contributed by atoms with Crippen molar-refractivity contribution in [2.45, 2.75) is 32.7 Å². The highest BCUT2D eigenvalue weighted by Crippen LogP contribution is 2.34. The van der Waals surface area contributed by atoms with Crippen molar-refractivity contribution in [2.24, 2.45) is 11.7 Å². The van der Waals surface area contributed by atoms with E-state index in [9.17, 15) is 4.79 Å². The largest absolute Gasteiger partial charge is 0.366 e. The normalized spacial score (nSPS) is 17.2. The second kappa shape index (κ2) is 6.71. The van der Waals surface area contributed by atoms with Crippen LogP contribution in [0, 0.1) is 12.8 Å². The Kier molecular flexibility index (Phi) is 5.14. The minimum Gasteiger partial charge on any atom is -0.366 e. The Morgan fingerprint density at radius 3 is 2.59 bits per heavy atom. The summed E-state index contributed by atoms with van der Waals surface area (Å²) in [5.74, 6) is 0.307. The number of nitrogens with zero attached hydrogens (tertiary/aromatic N) is 1. The molecule has 4 nitrogen and oxygen atoms in total. The van der Waals surface area contributed by atoms with E-state index >= 15 is 0 Å². The smallest absolute Gasteiger partial charge is 0.251 e. The van der Waals surface area contributed by atoms with Crippen LogP contribution in [0.4, 0.5) is 0 Å². The quantitative estimate of drug-likeness (QED) is 0.913. The lowest BCUT2D eigenvalue weighted by atomic mass is 9.91. The van der Waals surface area contributed by atoms with E-state index in [4.69, 9.17) is 5.73 Å². The molecule has 3 N–H and O–H groups in total. The van der Waals surface area contributed by atoms with Gasteiger partial charge in [-0.15, -0.1) is 12.4 Å². The highest BCUT2D eigenvalue weighted by molar-refractivity contribution is 6.07. The van der Waals surface area contributed by atoms with Gasteiger partial charge in [0, 0.05) is 22.6 Å². The number of benzene rings is 1. The lowest BCUT2D eigenvalue weighted by Gasteiger charge is -2.30. The average molecular weight is 322 g/mol. The van der Waals surface area contributed by atoms with E-state index in [0.717, 1.165) is 29.7 Å². The first-order chi connectivity index (χ1) is 10.1. The molecule has 2 aromatic rings. The zero-order valence-electron chi connectivity index (χ0n) is 13.1. The number of para-hydroxylation sites is 1. The molecule has 1 aliphatic heterocycles. The minimum absolute atomic E-state index is 0. The van der Waals surface area contributed by atoms with Crippen LogP contribution in [-0.4, -0.2) is 23.6 Å². The first-order valence-corrected chi connectivity index (χ1v) is 7.71. The summed E-state index contributed by atoms with van der Waals surface area (Å²) < 4.78 is 2.31. The maximum Gasteiger partial charge on any atom is 0.251 e. The Balaban J connectivity index is 0.00000176. The van der Waals surface area contributed by atoms with E-state index in [2.05, 4.69) is 22.9 Å². The number of rotatable bonds is 3. The molecule has 0 radical (unpaired) electrons. The van der Waals surface area contributed by atoms with Gasteiger partial charge in [0.15, 0.2) is 0 Å². The molecule has 0 spiro atoms. The van der Waals surface area contributed by atoms with Crippen molar-refractivity contribution < 1.29 is 4.79 Å².